The summed E-state index contributed by atoms with van der Waals surface area (Å²) in [6.45, 7) is 1.78. The molecule has 2 aliphatic carbocycles. The quantitative estimate of drug-likeness (QED) is 0.224. The lowest BCUT2D eigenvalue weighted by molar-refractivity contribution is -0.384. The van der Waals surface area contributed by atoms with Gasteiger partial charge in [-0.25, -0.2) is 4.79 Å². The van der Waals surface area contributed by atoms with Crippen LogP contribution in [0.2, 0.25) is 5.02 Å². The van der Waals surface area contributed by atoms with Crippen molar-refractivity contribution in [2.24, 2.45) is 0 Å². The van der Waals surface area contributed by atoms with Crippen molar-refractivity contribution in [3.8, 4) is 11.5 Å². The maximum Gasteiger partial charge on any atom is 0.337 e. The first-order chi connectivity index (χ1) is 19.7. The summed E-state index contributed by atoms with van der Waals surface area (Å²) >= 11 is 6.13. The number of ketones is 1. The molecule has 5 rings (SSSR count). The van der Waals surface area contributed by atoms with Crippen LogP contribution in [-0.2, 0) is 14.3 Å². The van der Waals surface area contributed by atoms with E-state index in [-0.39, 0.29) is 34.9 Å². The van der Waals surface area contributed by atoms with E-state index in [1.165, 1.54) is 12.1 Å². The molecule has 2 aromatic rings. The Bertz CT molecular complexity index is 1460. The predicted molar refractivity (Wildman–Crippen MR) is 153 cm³/mol. The molecule has 9 nitrogen and oxygen atoms in total. The number of nitro benzene ring substituents is 1. The molecule has 2 aromatic carbocycles. The van der Waals surface area contributed by atoms with Gasteiger partial charge in [0.05, 0.1) is 24.7 Å². The normalized spacial score (nSPS) is 21.2. The van der Waals surface area contributed by atoms with Gasteiger partial charge in [0.25, 0.3) is 5.69 Å². The van der Waals surface area contributed by atoms with Gasteiger partial charge in [-0.05, 0) is 74.3 Å². The minimum Gasteiger partial charge on any atom is -0.493 e. The van der Waals surface area contributed by atoms with E-state index in [9.17, 15) is 19.7 Å². The van der Waals surface area contributed by atoms with Gasteiger partial charge in [0.15, 0.2) is 17.3 Å². The lowest BCUT2D eigenvalue weighted by atomic mass is 9.71. The number of dihydropyridines is 1. The third kappa shape index (κ3) is 5.68. The Hall–Kier alpha value is -3.85. The standard InChI is InChI=1S/C31H33ClN2O7/c1-17-28(31(36)41-21-7-5-4-6-8-21)29(19-9-11-22(32)24(14-19)34(37)38)30-23(33-17)13-20(15-25(30)35)18-10-12-26(39-2)27(16-18)40-3/h9-12,14,16,20-21,29,33H,4-8,13,15H2,1-3H3/t20-,29+/m1/s1. The number of nitrogens with zero attached hydrogens (tertiary/aromatic N) is 1. The highest BCUT2D eigenvalue weighted by Crippen LogP contribution is 2.47. The Kier molecular flexibility index (Phi) is 8.35. The molecule has 0 amide bonds. The van der Waals surface area contributed by atoms with Crippen LogP contribution in [0.15, 0.2) is 58.9 Å². The monoisotopic (exact) mass is 580 g/mol. The van der Waals surface area contributed by atoms with E-state index in [0.717, 1.165) is 37.7 Å². The third-order valence-electron chi connectivity index (χ3n) is 8.25. The number of allylic oxidation sites excluding steroid dienone is 3. The van der Waals surface area contributed by atoms with Crippen molar-refractivity contribution in [3.05, 3.63) is 85.2 Å². The van der Waals surface area contributed by atoms with Gasteiger partial charge in [-0.1, -0.05) is 30.2 Å². The van der Waals surface area contributed by atoms with Crippen molar-refractivity contribution >= 4 is 29.0 Å². The fourth-order valence-electron chi connectivity index (χ4n) is 6.23. The molecule has 1 aliphatic heterocycles. The topological polar surface area (TPSA) is 117 Å². The Morgan fingerprint density at radius 2 is 1.71 bits per heavy atom. The summed E-state index contributed by atoms with van der Waals surface area (Å²) in [5, 5.41) is 15.1. The summed E-state index contributed by atoms with van der Waals surface area (Å²) in [5.41, 5.74) is 3.07. The van der Waals surface area contributed by atoms with Gasteiger partial charge in [-0.2, -0.15) is 0 Å². The van der Waals surface area contributed by atoms with Crippen LogP contribution in [0, 0.1) is 10.1 Å². The molecule has 0 bridgehead atoms. The van der Waals surface area contributed by atoms with Gasteiger partial charge in [0, 0.05) is 35.4 Å². The first kappa shape index (κ1) is 28.7. The number of hydrogen-bond donors (Lipinski definition) is 1. The molecule has 0 spiro atoms. The van der Waals surface area contributed by atoms with E-state index in [1.807, 2.05) is 18.2 Å². The highest BCUT2D eigenvalue weighted by atomic mass is 35.5. The van der Waals surface area contributed by atoms with Gasteiger partial charge in [0.1, 0.15) is 11.1 Å². The Labute approximate surface area is 243 Å². The summed E-state index contributed by atoms with van der Waals surface area (Å²) in [7, 11) is 3.13. The lowest BCUT2D eigenvalue weighted by Gasteiger charge is -2.37. The average molecular weight is 581 g/mol. The van der Waals surface area contributed by atoms with Crippen molar-refractivity contribution in [1.82, 2.24) is 5.32 Å². The summed E-state index contributed by atoms with van der Waals surface area (Å²) in [4.78, 5) is 38.8. The van der Waals surface area contributed by atoms with Gasteiger partial charge >= 0.3 is 5.97 Å². The number of methoxy groups -OCH3 is 2. The number of carbonyl (C=O) groups is 2. The second kappa shape index (κ2) is 11.9. The number of benzene rings is 2. The fraction of sp³-hybridized carbons (Fsp3) is 0.419. The zero-order chi connectivity index (χ0) is 29.3. The average Bonchev–Trinajstić information content (AvgIpc) is 2.96. The first-order valence-electron chi connectivity index (χ1n) is 13.8. The molecule has 10 heteroatoms. The highest BCUT2D eigenvalue weighted by Gasteiger charge is 2.42. The van der Waals surface area contributed by atoms with Crippen LogP contribution in [0.1, 0.15) is 74.8 Å². The molecule has 0 saturated heterocycles. The molecule has 0 radical (unpaired) electrons. The molecule has 0 aromatic heterocycles. The Balaban J connectivity index is 1.56. The van der Waals surface area contributed by atoms with E-state index < -0.39 is 16.8 Å². The van der Waals surface area contributed by atoms with Crippen LogP contribution < -0.4 is 14.8 Å². The largest absolute Gasteiger partial charge is 0.493 e. The summed E-state index contributed by atoms with van der Waals surface area (Å²) in [6.07, 6.45) is 5.20. The first-order valence-corrected chi connectivity index (χ1v) is 14.2. The molecular weight excluding hydrogens is 548 g/mol. The summed E-state index contributed by atoms with van der Waals surface area (Å²) in [5.74, 6) is -0.445. The van der Waals surface area contributed by atoms with Gasteiger partial charge < -0.3 is 19.5 Å². The van der Waals surface area contributed by atoms with Crippen molar-refractivity contribution in [1.29, 1.82) is 0 Å². The SMILES string of the molecule is COc1ccc([C@H]2CC(=O)C3=C(C2)NC(C)=C(C(=O)OC2CCCCC2)[C@@H]3c2ccc(Cl)c([N+](=O)[O-])c2)cc1OC. The number of nitrogens with one attached hydrogen (secondary N) is 1. The van der Waals surface area contributed by atoms with E-state index in [1.54, 1.807) is 27.2 Å². The molecule has 216 valence electrons. The molecule has 1 heterocycles. The fourth-order valence-corrected chi connectivity index (χ4v) is 6.42. The smallest absolute Gasteiger partial charge is 0.337 e. The van der Waals surface area contributed by atoms with Crippen molar-refractivity contribution in [3.63, 3.8) is 0 Å². The van der Waals surface area contributed by atoms with E-state index in [4.69, 9.17) is 25.8 Å². The van der Waals surface area contributed by atoms with E-state index in [2.05, 4.69) is 5.32 Å². The number of hydrogen-bond acceptors (Lipinski definition) is 8. The molecule has 41 heavy (non-hydrogen) atoms. The number of halogens is 1. The second-order valence-corrected chi connectivity index (χ2v) is 11.2. The minimum atomic E-state index is -0.822. The molecule has 1 fully saturated rings. The second-order valence-electron chi connectivity index (χ2n) is 10.8. The van der Waals surface area contributed by atoms with Crippen LogP contribution in [0.3, 0.4) is 0 Å². The van der Waals surface area contributed by atoms with Gasteiger partial charge in [-0.3, -0.25) is 14.9 Å². The number of rotatable bonds is 7. The number of carbonyl (C=O) groups excluding carboxylic acids is 2. The maximum atomic E-state index is 13.9. The number of esters is 1. The summed E-state index contributed by atoms with van der Waals surface area (Å²) in [6, 6.07) is 10.1. The molecule has 0 unspecified atom stereocenters. The Morgan fingerprint density at radius 1 is 1.00 bits per heavy atom. The minimum absolute atomic E-state index is 0.0163. The van der Waals surface area contributed by atoms with Crippen molar-refractivity contribution in [2.75, 3.05) is 14.2 Å². The van der Waals surface area contributed by atoms with Crippen LogP contribution in [0.25, 0.3) is 0 Å². The predicted octanol–water partition coefficient (Wildman–Crippen LogP) is 6.50. The zero-order valence-corrected chi connectivity index (χ0v) is 24.1. The van der Waals surface area contributed by atoms with Crippen LogP contribution in [0.5, 0.6) is 11.5 Å². The van der Waals surface area contributed by atoms with Gasteiger partial charge in [0.2, 0.25) is 0 Å². The molecule has 1 N–H and O–H groups in total. The molecule has 3 aliphatic rings. The lowest BCUT2D eigenvalue weighted by Crippen LogP contribution is -2.37. The zero-order valence-electron chi connectivity index (χ0n) is 23.3. The van der Waals surface area contributed by atoms with Crippen molar-refractivity contribution in [2.45, 2.75) is 69.8 Å². The van der Waals surface area contributed by atoms with Gasteiger partial charge in [-0.15, -0.1) is 0 Å². The maximum absolute atomic E-state index is 13.9. The molecular formula is C31H33ClN2O7. The third-order valence-corrected chi connectivity index (χ3v) is 8.57. The van der Waals surface area contributed by atoms with Crippen LogP contribution in [0.4, 0.5) is 5.69 Å². The molecule has 2 atom stereocenters. The highest BCUT2D eigenvalue weighted by molar-refractivity contribution is 6.32. The van der Waals surface area contributed by atoms with E-state index >= 15 is 0 Å². The van der Waals surface area contributed by atoms with E-state index in [0.29, 0.717) is 46.0 Å². The number of ether oxygens (including phenoxy) is 3. The number of Topliss-reactive ketones (excluding diaryl/α,β-unsaturated/α-hetero) is 1. The van der Waals surface area contributed by atoms with Crippen LogP contribution in [-0.4, -0.2) is 37.0 Å². The van der Waals surface area contributed by atoms with Crippen molar-refractivity contribution < 1.29 is 28.7 Å². The van der Waals surface area contributed by atoms with Crippen LogP contribution >= 0.6 is 11.6 Å². The number of nitro groups is 1. The molecule has 1 saturated carbocycles. The summed E-state index contributed by atoms with van der Waals surface area (Å²) < 4.78 is 16.8. The Morgan fingerprint density at radius 3 is 2.39 bits per heavy atom.